The molecular weight excluding hydrogens is 282 g/mol. The molecule has 0 aromatic heterocycles. The maximum atomic E-state index is 6.17. The summed E-state index contributed by atoms with van der Waals surface area (Å²) >= 11 is 6.17. The molecule has 0 amide bonds. The molecule has 0 aliphatic heterocycles. The fraction of sp³-hybridized carbons (Fsp3) is 0.647. The number of benzene rings is 1. The molecule has 3 nitrogen and oxygen atoms in total. The molecule has 4 heteroatoms. The van der Waals surface area contributed by atoms with E-state index in [-0.39, 0.29) is 6.04 Å². The molecule has 0 heterocycles. The van der Waals surface area contributed by atoms with Crippen molar-refractivity contribution in [2.45, 2.75) is 33.2 Å². The Kier molecular flexibility index (Phi) is 7.50. The van der Waals surface area contributed by atoms with Crippen LogP contribution >= 0.6 is 11.6 Å². The lowest BCUT2D eigenvalue weighted by Gasteiger charge is -2.30. The van der Waals surface area contributed by atoms with E-state index in [1.807, 2.05) is 13.0 Å². The lowest BCUT2D eigenvalue weighted by atomic mass is 10.0. The van der Waals surface area contributed by atoms with Crippen LogP contribution in [-0.2, 0) is 6.42 Å². The fourth-order valence-electron chi connectivity index (χ4n) is 2.44. The zero-order chi connectivity index (χ0) is 16.0. The van der Waals surface area contributed by atoms with Gasteiger partial charge in [-0.3, -0.25) is 0 Å². The van der Waals surface area contributed by atoms with E-state index < -0.39 is 0 Å². The van der Waals surface area contributed by atoms with Gasteiger partial charge in [0.15, 0.2) is 0 Å². The molecule has 0 radical (unpaired) electrons. The summed E-state index contributed by atoms with van der Waals surface area (Å²) in [4.78, 5) is 4.67. The van der Waals surface area contributed by atoms with Crippen molar-refractivity contribution in [2.24, 2.45) is 11.7 Å². The number of nitrogens with two attached hydrogens (primary N) is 1. The van der Waals surface area contributed by atoms with Gasteiger partial charge in [-0.2, -0.15) is 0 Å². The average Bonchev–Trinajstić information content (AvgIpc) is 2.33. The summed E-state index contributed by atoms with van der Waals surface area (Å²) in [6, 6.07) is 6.31. The van der Waals surface area contributed by atoms with Gasteiger partial charge in [0.1, 0.15) is 0 Å². The topological polar surface area (TPSA) is 32.5 Å². The quantitative estimate of drug-likeness (QED) is 0.800. The molecule has 1 rings (SSSR count). The van der Waals surface area contributed by atoms with Crippen LogP contribution in [0.15, 0.2) is 18.2 Å². The van der Waals surface area contributed by atoms with E-state index in [2.05, 4.69) is 49.9 Å². The largest absolute Gasteiger partial charge is 0.370 e. The smallest absolute Gasteiger partial charge is 0.0410 e. The number of anilines is 1. The molecule has 0 bridgehead atoms. The van der Waals surface area contributed by atoms with E-state index in [0.717, 1.165) is 31.1 Å². The van der Waals surface area contributed by atoms with Crippen LogP contribution in [0.4, 0.5) is 5.69 Å². The Hall–Kier alpha value is -0.770. The highest BCUT2D eigenvalue weighted by atomic mass is 35.5. The number of hydrogen-bond acceptors (Lipinski definition) is 3. The van der Waals surface area contributed by atoms with Gasteiger partial charge >= 0.3 is 0 Å². The zero-order valence-electron chi connectivity index (χ0n) is 14.1. The first-order chi connectivity index (χ1) is 9.79. The highest BCUT2D eigenvalue weighted by Gasteiger charge is 2.14. The second-order valence-electron chi connectivity index (χ2n) is 6.60. The molecule has 1 aromatic rings. The summed E-state index contributed by atoms with van der Waals surface area (Å²) < 4.78 is 0. The molecule has 120 valence electrons. The molecule has 0 saturated carbocycles. The molecule has 0 spiro atoms. The number of nitrogens with zero attached hydrogens (tertiary/aromatic N) is 2. The highest BCUT2D eigenvalue weighted by molar-refractivity contribution is 6.30. The van der Waals surface area contributed by atoms with E-state index in [9.17, 15) is 0 Å². The maximum absolute atomic E-state index is 6.17. The van der Waals surface area contributed by atoms with E-state index in [1.54, 1.807) is 0 Å². The van der Waals surface area contributed by atoms with Crippen molar-refractivity contribution >= 4 is 17.3 Å². The molecule has 0 aliphatic carbocycles. The third-order valence-electron chi connectivity index (χ3n) is 3.33. The number of rotatable bonds is 8. The molecular formula is C17H30ClN3. The van der Waals surface area contributed by atoms with Gasteiger partial charge in [-0.1, -0.05) is 25.4 Å². The van der Waals surface area contributed by atoms with Gasteiger partial charge in [0.2, 0.25) is 0 Å². The first kappa shape index (κ1) is 18.3. The monoisotopic (exact) mass is 311 g/mol. The predicted molar refractivity (Wildman–Crippen MR) is 94.4 cm³/mol. The number of hydrogen-bond donors (Lipinski definition) is 1. The van der Waals surface area contributed by atoms with Gasteiger partial charge in [0.05, 0.1) is 0 Å². The fourth-order valence-corrected chi connectivity index (χ4v) is 2.64. The second-order valence-corrected chi connectivity index (χ2v) is 7.03. The van der Waals surface area contributed by atoms with Crippen LogP contribution < -0.4 is 10.6 Å². The van der Waals surface area contributed by atoms with Gasteiger partial charge in [-0.05, 0) is 57.1 Å². The van der Waals surface area contributed by atoms with E-state index in [0.29, 0.717) is 5.92 Å². The summed E-state index contributed by atoms with van der Waals surface area (Å²) in [6.45, 7) is 9.64. The lowest BCUT2D eigenvalue weighted by molar-refractivity contribution is 0.409. The second kappa shape index (κ2) is 8.62. The van der Waals surface area contributed by atoms with E-state index in [1.165, 1.54) is 11.3 Å². The molecule has 1 aromatic carbocycles. The average molecular weight is 312 g/mol. The van der Waals surface area contributed by atoms with Gasteiger partial charge < -0.3 is 15.5 Å². The Bertz CT molecular complexity index is 430. The predicted octanol–water partition coefficient (Wildman–Crippen LogP) is 3.25. The first-order valence-corrected chi connectivity index (χ1v) is 8.11. The maximum Gasteiger partial charge on any atom is 0.0410 e. The van der Waals surface area contributed by atoms with Crippen LogP contribution in [-0.4, -0.2) is 44.7 Å². The van der Waals surface area contributed by atoms with Gasteiger partial charge in [0.25, 0.3) is 0 Å². The SMILES string of the molecule is CC(C)CN(CCN(C)C)c1ccc(Cl)cc1CC(C)N. The summed E-state index contributed by atoms with van der Waals surface area (Å²) in [5.41, 5.74) is 8.51. The van der Waals surface area contributed by atoms with Crippen LogP contribution in [0.25, 0.3) is 0 Å². The highest BCUT2D eigenvalue weighted by Crippen LogP contribution is 2.26. The first-order valence-electron chi connectivity index (χ1n) is 7.73. The van der Waals surface area contributed by atoms with Crippen molar-refractivity contribution in [3.63, 3.8) is 0 Å². The molecule has 1 atom stereocenters. The minimum Gasteiger partial charge on any atom is -0.370 e. The minimum absolute atomic E-state index is 0.136. The Morgan fingerprint density at radius 1 is 1.14 bits per heavy atom. The van der Waals surface area contributed by atoms with Gasteiger partial charge in [0, 0.05) is 36.4 Å². The van der Waals surface area contributed by atoms with Crippen molar-refractivity contribution in [2.75, 3.05) is 38.6 Å². The van der Waals surface area contributed by atoms with Crippen molar-refractivity contribution in [3.05, 3.63) is 28.8 Å². The summed E-state index contributed by atoms with van der Waals surface area (Å²) in [6.07, 6.45) is 0.854. The summed E-state index contributed by atoms with van der Waals surface area (Å²) in [7, 11) is 4.22. The summed E-state index contributed by atoms with van der Waals surface area (Å²) in [5.74, 6) is 0.617. The third kappa shape index (κ3) is 6.68. The summed E-state index contributed by atoms with van der Waals surface area (Å²) in [5, 5.41) is 0.784. The van der Waals surface area contributed by atoms with Crippen molar-refractivity contribution < 1.29 is 0 Å². The molecule has 2 N–H and O–H groups in total. The van der Waals surface area contributed by atoms with E-state index in [4.69, 9.17) is 17.3 Å². The number of likely N-dealkylation sites (N-methyl/N-ethyl adjacent to an activating group) is 1. The Morgan fingerprint density at radius 2 is 1.81 bits per heavy atom. The Morgan fingerprint density at radius 3 is 2.33 bits per heavy atom. The van der Waals surface area contributed by atoms with Crippen LogP contribution in [0.2, 0.25) is 5.02 Å². The van der Waals surface area contributed by atoms with Gasteiger partial charge in [-0.15, -0.1) is 0 Å². The van der Waals surface area contributed by atoms with Crippen LogP contribution in [0, 0.1) is 5.92 Å². The molecule has 21 heavy (non-hydrogen) atoms. The van der Waals surface area contributed by atoms with Crippen molar-refractivity contribution in [3.8, 4) is 0 Å². The van der Waals surface area contributed by atoms with Gasteiger partial charge in [-0.25, -0.2) is 0 Å². The normalized spacial score (nSPS) is 13.0. The Labute approximate surface area is 135 Å². The standard InChI is InChI=1S/C17H30ClN3/c1-13(2)12-21(9-8-20(4)5)17-7-6-16(18)11-15(17)10-14(3)19/h6-7,11,13-14H,8-10,12,19H2,1-5H3. The van der Waals surface area contributed by atoms with Crippen molar-refractivity contribution in [1.82, 2.24) is 4.90 Å². The van der Waals surface area contributed by atoms with Crippen LogP contribution in [0.5, 0.6) is 0 Å². The van der Waals surface area contributed by atoms with E-state index >= 15 is 0 Å². The molecule has 0 fully saturated rings. The molecule has 0 saturated heterocycles. The van der Waals surface area contributed by atoms with Crippen LogP contribution in [0.3, 0.4) is 0 Å². The third-order valence-corrected chi connectivity index (χ3v) is 3.56. The minimum atomic E-state index is 0.136. The zero-order valence-corrected chi connectivity index (χ0v) is 14.8. The van der Waals surface area contributed by atoms with Crippen molar-refractivity contribution in [1.29, 1.82) is 0 Å². The lowest BCUT2D eigenvalue weighted by Crippen LogP contribution is -2.35. The number of halogens is 1. The van der Waals surface area contributed by atoms with Crippen LogP contribution in [0.1, 0.15) is 26.3 Å². The molecule has 0 aliphatic rings. The Balaban J connectivity index is 3.03. The molecule has 1 unspecified atom stereocenters.